The first kappa shape index (κ1) is 24.1. The number of aliphatic hydroxyl groups is 1. The quantitative estimate of drug-likeness (QED) is 0.576. The summed E-state index contributed by atoms with van der Waals surface area (Å²) in [7, 11) is 0. The Labute approximate surface area is 196 Å². The molecule has 3 aliphatic heterocycles. The number of nitrogens with zero attached hydrogens (tertiary/aromatic N) is 2. The number of benzene rings is 1. The third-order valence-corrected chi connectivity index (χ3v) is 7.35. The fourth-order valence-electron chi connectivity index (χ4n) is 5.49. The lowest BCUT2D eigenvalue weighted by Gasteiger charge is -2.54. The maximum absolute atomic E-state index is 14.9. The molecular formula is C24H28F2N4O4. The summed E-state index contributed by atoms with van der Waals surface area (Å²) in [5.41, 5.74) is -1.74. The lowest BCUT2D eigenvalue weighted by atomic mass is 9.70. The van der Waals surface area contributed by atoms with Crippen LogP contribution in [0.1, 0.15) is 44.6 Å². The van der Waals surface area contributed by atoms with E-state index in [0.717, 1.165) is 4.90 Å². The first-order valence-electron chi connectivity index (χ1n) is 11.5. The summed E-state index contributed by atoms with van der Waals surface area (Å²) >= 11 is 0. The highest BCUT2D eigenvalue weighted by Crippen LogP contribution is 2.50. The molecule has 1 saturated carbocycles. The Morgan fingerprint density at radius 2 is 2.03 bits per heavy atom. The Morgan fingerprint density at radius 1 is 1.32 bits per heavy atom. The van der Waals surface area contributed by atoms with Gasteiger partial charge in [0.2, 0.25) is 11.8 Å². The fraction of sp³-hybridized carbons (Fsp3) is 0.583. The van der Waals surface area contributed by atoms with E-state index < -0.39 is 59.7 Å². The maximum Gasteiger partial charge on any atom is 0.259 e. The summed E-state index contributed by atoms with van der Waals surface area (Å²) in [6.07, 6.45) is 0.340. The van der Waals surface area contributed by atoms with Gasteiger partial charge in [-0.1, -0.05) is 30.3 Å². The van der Waals surface area contributed by atoms with Gasteiger partial charge in [0.15, 0.2) is 5.60 Å². The number of halogens is 2. The van der Waals surface area contributed by atoms with Crippen LogP contribution in [0.2, 0.25) is 0 Å². The Bertz CT molecular complexity index is 1010. The Balaban J connectivity index is 1.60. The van der Waals surface area contributed by atoms with Crippen LogP contribution in [-0.4, -0.2) is 58.3 Å². The fourth-order valence-corrected chi connectivity index (χ4v) is 5.49. The molecule has 1 aromatic rings. The molecule has 0 unspecified atom stereocenters. The number of carbonyl (C=O) groups excluding carboxylic acids is 3. The van der Waals surface area contributed by atoms with Crippen LogP contribution >= 0.6 is 0 Å². The van der Waals surface area contributed by atoms with Gasteiger partial charge in [0.05, 0.1) is 12.0 Å². The number of carbonyl (C=O) groups is 3. The normalized spacial score (nSPS) is 30.1. The van der Waals surface area contributed by atoms with E-state index in [1.165, 1.54) is 6.92 Å². The average Bonchev–Trinajstić information content (AvgIpc) is 3.21. The highest BCUT2D eigenvalue weighted by molar-refractivity contribution is 5.93. The third kappa shape index (κ3) is 4.25. The number of nitriles is 1. The van der Waals surface area contributed by atoms with E-state index in [-0.39, 0.29) is 24.3 Å². The van der Waals surface area contributed by atoms with Gasteiger partial charge in [0.25, 0.3) is 11.8 Å². The zero-order valence-electron chi connectivity index (χ0n) is 18.8. The van der Waals surface area contributed by atoms with Crippen molar-refractivity contribution in [2.75, 3.05) is 6.54 Å². The lowest BCUT2D eigenvalue weighted by molar-refractivity contribution is -0.203. The maximum atomic E-state index is 14.9. The summed E-state index contributed by atoms with van der Waals surface area (Å²) in [6, 6.07) is 6.55. The molecule has 6 atom stereocenters. The zero-order valence-corrected chi connectivity index (χ0v) is 18.8. The largest absolute Gasteiger partial charge is 0.376 e. The number of nitrogens with one attached hydrogen (secondary N) is 2. The van der Waals surface area contributed by atoms with Crippen LogP contribution in [0.5, 0.6) is 0 Å². The van der Waals surface area contributed by atoms with Crippen molar-refractivity contribution in [3.05, 3.63) is 35.9 Å². The monoisotopic (exact) mass is 474 g/mol. The second-order valence-corrected chi connectivity index (χ2v) is 9.60. The Morgan fingerprint density at radius 3 is 2.62 bits per heavy atom. The van der Waals surface area contributed by atoms with E-state index in [0.29, 0.717) is 19.4 Å². The van der Waals surface area contributed by atoms with Crippen LogP contribution in [0.3, 0.4) is 0 Å². The lowest BCUT2D eigenvalue weighted by Crippen LogP contribution is -2.70. The molecule has 3 heterocycles. The molecule has 5 rings (SSSR count). The smallest absolute Gasteiger partial charge is 0.259 e. The predicted octanol–water partition coefficient (Wildman–Crippen LogP) is 1.44. The number of hydrogen-bond acceptors (Lipinski definition) is 5. The molecule has 4 fully saturated rings. The first-order valence-corrected chi connectivity index (χ1v) is 11.5. The van der Waals surface area contributed by atoms with E-state index in [1.807, 2.05) is 6.07 Å². The highest BCUT2D eigenvalue weighted by atomic mass is 19.3. The van der Waals surface area contributed by atoms with Gasteiger partial charge >= 0.3 is 0 Å². The van der Waals surface area contributed by atoms with Crippen molar-refractivity contribution in [2.45, 2.75) is 68.7 Å². The molecule has 0 radical (unpaired) electrons. The summed E-state index contributed by atoms with van der Waals surface area (Å²) in [5.74, 6) is -6.95. The van der Waals surface area contributed by atoms with Crippen molar-refractivity contribution in [1.29, 1.82) is 5.26 Å². The molecule has 0 aromatic heterocycles. The first-order chi connectivity index (χ1) is 16.1. The molecule has 10 heteroatoms. The van der Waals surface area contributed by atoms with Crippen molar-refractivity contribution in [3.8, 4) is 6.07 Å². The van der Waals surface area contributed by atoms with Gasteiger partial charge < -0.3 is 20.6 Å². The van der Waals surface area contributed by atoms with Gasteiger partial charge in [-0.05, 0) is 38.2 Å². The Kier molecular flexibility index (Phi) is 6.34. The van der Waals surface area contributed by atoms with Gasteiger partial charge in [-0.3, -0.25) is 14.4 Å². The van der Waals surface area contributed by atoms with Crippen molar-refractivity contribution >= 4 is 17.7 Å². The van der Waals surface area contributed by atoms with E-state index in [1.54, 1.807) is 30.3 Å². The summed E-state index contributed by atoms with van der Waals surface area (Å²) in [6.45, 7) is 1.77. The molecular weight excluding hydrogens is 446 g/mol. The number of amides is 3. The second kappa shape index (κ2) is 8.95. The minimum atomic E-state index is -3.16. The molecule has 3 saturated heterocycles. The molecule has 182 valence electrons. The zero-order chi connectivity index (χ0) is 24.7. The van der Waals surface area contributed by atoms with Crippen LogP contribution in [0.25, 0.3) is 0 Å². The molecule has 34 heavy (non-hydrogen) atoms. The van der Waals surface area contributed by atoms with Crippen LogP contribution in [0.15, 0.2) is 30.3 Å². The molecule has 0 spiro atoms. The number of fused-ring (bicyclic) bond motifs is 3. The summed E-state index contributed by atoms with van der Waals surface area (Å²) < 4.78 is 29.7. The number of rotatable bonds is 6. The van der Waals surface area contributed by atoms with Crippen LogP contribution < -0.4 is 10.6 Å². The summed E-state index contributed by atoms with van der Waals surface area (Å²) in [4.78, 5) is 39.8. The molecule has 3 amide bonds. The van der Waals surface area contributed by atoms with Crippen LogP contribution in [-0.2, 0) is 20.0 Å². The van der Waals surface area contributed by atoms with Gasteiger partial charge in [-0.2, -0.15) is 5.26 Å². The van der Waals surface area contributed by atoms with Crippen LogP contribution in [0, 0.1) is 23.2 Å². The van der Waals surface area contributed by atoms with Crippen molar-refractivity contribution < 1.29 is 28.3 Å². The number of alkyl halides is 2. The van der Waals surface area contributed by atoms with E-state index in [4.69, 9.17) is 0 Å². The van der Waals surface area contributed by atoms with Gasteiger partial charge in [0.1, 0.15) is 12.1 Å². The molecule has 8 nitrogen and oxygen atoms in total. The van der Waals surface area contributed by atoms with Gasteiger partial charge in [-0.15, -0.1) is 0 Å². The second-order valence-electron chi connectivity index (χ2n) is 9.60. The minimum absolute atomic E-state index is 0.0509. The molecule has 1 aromatic carbocycles. The predicted molar refractivity (Wildman–Crippen MR) is 116 cm³/mol. The minimum Gasteiger partial charge on any atom is -0.376 e. The molecule has 4 aliphatic rings. The van der Waals surface area contributed by atoms with Crippen molar-refractivity contribution in [1.82, 2.24) is 15.5 Å². The topological polar surface area (TPSA) is 123 Å². The molecule has 3 N–H and O–H groups in total. The highest BCUT2D eigenvalue weighted by Gasteiger charge is 2.62. The molecule has 1 aliphatic carbocycles. The Hall–Kier alpha value is -3.06. The van der Waals surface area contributed by atoms with Crippen LogP contribution in [0.4, 0.5) is 8.78 Å². The standard InChI is InChI=1S/C24H28F2N4O4/c1-23(34,15-5-3-2-4-6-15)22(33)30-17-7-8-18(24(25,26)12-17)19(30)21(32)29-16(13-27)11-14-9-10-28-20(14)31/h2-6,14,16-19,34H,7-12H2,1H3,(H,28,31)(H,29,32)/t14-,16+,17-,18-,19-,23-/m1/s1. The van der Waals surface area contributed by atoms with E-state index in [2.05, 4.69) is 10.6 Å². The van der Waals surface area contributed by atoms with Gasteiger partial charge in [0, 0.05) is 24.9 Å². The van der Waals surface area contributed by atoms with Gasteiger partial charge in [-0.25, -0.2) is 8.78 Å². The SMILES string of the molecule is C[C@](O)(C(=O)N1[C@@H]2CC[C@H]([C@@H]1C(=O)N[C@H](C#N)C[C@H]1CCNC1=O)C(F)(F)C2)c1ccccc1. The molecule has 2 bridgehead atoms. The number of piperidine rings is 2. The average molecular weight is 475 g/mol. The van der Waals surface area contributed by atoms with E-state index >= 15 is 0 Å². The number of hydrogen-bond donors (Lipinski definition) is 3. The summed E-state index contributed by atoms with van der Waals surface area (Å²) in [5, 5.41) is 25.8. The third-order valence-electron chi connectivity index (χ3n) is 7.35. The van der Waals surface area contributed by atoms with Crippen molar-refractivity contribution in [3.63, 3.8) is 0 Å². The van der Waals surface area contributed by atoms with Crippen molar-refractivity contribution in [2.24, 2.45) is 11.8 Å². The van der Waals surface area contributed by atoms with E-state index in [9.17, 15) is 33.5 Å².